The van der Waals surface area contributed by atoms with Crippen molar-refractivity contribution in [2.24, 2.45) is 5.73 Å². The molecule has 6 heteroatoms. The summed E-state index contributed by atoms with van der Waals surface area (Å²) in [5.74, 6) is 1.99. The Bertz CT molecular complexity index is 599. The molecule has 1 aromatic heterocycles. The van der Waals surface area contributed by atoms with Gasteiger partial charge in [-0.1, -0.05) is 17.3 Å². The number of benzene rings is 1. The number of methoxy groups -OCH3 is 1. The van der Waals surface area contributed by atoms with Crippen molar-refractivity contribution in [3.63, 3.8) is 0 Å². The Morgan fingerprint density at radius 3 is 3.19 bits per heavy atom. The van der Waals surface area contributed by atoms with Gasteiger partial charge in [-0.25, -0.2) is 0 Å². The van der Waals surface area contributed by atoms with Crippen molar-refractivity contribution in [1.29, 1.82) is 0 Å². The van der Waals surface area contributed by atoms with Gasteiger partial charge in [0.15, 0.2) is 0 Å². The number of aromatic nitrogens is 2. The molecular weight excluding hydrogens is 268 g/mol. The molecule has 1 saturated heterocycles. The molecule has 0 saturated carbocycles. The van der Waals surface area contributed by atoms with Crippen LogP contribution in [-0.2, 0) is 6.54 Å². The monoisotopic (exact) mass is 288 g/mol. The van der Waals surface area contributed by atoms with E-state index >= 15 is 0 Å². The van der Waals surface area contributed by atoms with E-state index in [-0.39, 0.29) is 6.04 Å². The Hall–Kier alpha value is -1.92. The van der Waals surface area contributed by atoms with Gasteiger partial charge in [-0.15, -0.1) is 0 Å². The van der Waals surface area contributed by atoms with E-state index in [4.69, 9.17) is 15.0 Å². The van der Waals surface area contributed by atoms with E-state index in [1.165, 1.54) is 0 Å². The molecule has 2 aromatic rings. The van der Waals surface area contributed by atoms with E-state index in [1.54, 1.807) is 7.11 Å². The fraction of sp³-hybridized carbons (Fsp3) is 0.467. The van der Waals surface area contributed by atoms with Crippen LogP contribution in [0.1, 0.15) is 18.7 Å². The van der Waals surface area contributed by atoms with E-state index in [0.717, 1.165) is 37.2 Å². The van der Waals surface area contributed by atoms with Crippen LogP contribution in [0, 0.1) is 0 Å². The van der Waals surface area contributed by atoms with Crippen LogP contribution in [0.25, 0.3) is 11.4 Å². The zero-order valence-corrected chi connectivity index (χ0v) is 12.2. The van der Waals surface area contributed by atoms with Crippen LogP contribution in [0.15, 0.2) is 28.8 Å². The molecule has 0 amide bonds. The lowest BCUT2D eigenvalue weighted by atomic mass is 10.1. The fourth-order valence-corrected chi connectivity index (χ4v) is 2.62. The Balaban J connectivity index is 1.70. The molecule has 0 bridgehead atoms. The van der Waals surface area contributed by atoms with Gasteiger partial charge >= 0.3 is 0 Å². The molecule has 0 radical (unpaired) electrons. The first-order valence-corrected chi connectivity index (χ1v) is 7.19. The molecule has 2 N–H and O–H groups in total. The summed E-state index contributed by atoms with van der Waals surface area (Å²) >= 11 is 0. The first-order chi connectivity index (χ1) is 10.2. The SMILES string of the molecule is COc1cccc(-c2noc(CN3CCCC(N)C3)n2)c1. The predicted octanol–water partition coefficient (Wildman–Crippen LogP) is 1.67. The number of hydrogen-bond acceptors (Lipinski definition) is 6. The van der Waals surface area contributed by atoms with Gasteiger partial charge in [-0.2, -0.15) is 4.98 Å². The van der Waals surface area contributed by atoms with Crippen molar-refractivity contribution >= 4 is 0 Å². The van der Waals surface area contributed by atoms with Crippen molar-refractivity contribution in [3.8, 4) is 17.1 Å². The molecule has 3 rings (SSSR count). The van der Waals surface area contributed by atoms with Gasteiger partial charge in [-0.3, -0.25) is 4.90 Å². The highest BCUT2D eigenvalue weighted by atomic mass is 16.5. The molecule has 0 aliphatic carbocycles. The molecule has 0 spiro atoms. The lowest BCUT2D eigenvalue weighted by Gasteiger charge is -2.29. The summed E-state index contributed by atoms with van der Waals surface area (Å²) in [6.45, 7) is 2.58. The topological polar surface area (TPSA) is 77.4 Å². The van der Waals surface area contributed by atoms with Crippen molar-refractivity contribution in [2.75, 3.05) is 20.2 Å². The van der Waals surface area contributed by atoms with E-state index in [2.05, 4.69) is 15.0 Å². The second-order valence-corrected chi connectivity index (χ2v) is 5.38. The van der Waals surface area contributed by atoms with E-state index < -0.39 is 0 Å². The smallest absolute Gasteiger partial charge is 0.241 e. The quantitative estimate of drug-likeness (QED) is 0.922. The molecule has 1 fully saturated rings. The first kappa shape index (κ1) is 14.0. The molecule has 21 heavy (non-hydrogen) atoms. The average molecular weight is 288 g/mol. The lowest BCUT2D eigenvalue weighted by molar-refractivity contribution is 0.178. The molecule has 1 atom stereocenters. The summed E-state index contributed by atoms with van der Waals surface area (Å²) in [5.41, 5.74) is 6.87. The van der Waals surface area contributed by atoms with Gasteiger partial charge in [0.2, 0.25) is 11.7 Å². The number of rotatable bonds is 4. The Labute approximate surface area is 123 Å². The fourth-order valence-electron chi connectivity index (χ4n) is 2.62. The maximum Gasteiger partial charge on any atom is 0.241 e. The number of nitrogens with two attached hydrogens (primary N) is 1. The summed E-state index contributed by atoms with van der Waals surface area (Å²) in [7, 11) is 1.64. The molecule has 2 heterocycles. The Morgan fingerprint density at radius 1 is 1.48 bits per heavy atom. The van der Waals surface area contributed by atoms with Gasteiger partial charge in [0.25, 0.3) is 0 Å². The minimum Gasteiger partial charge on any atom is -0.497 e. The number of ether oxygens (including phenoxy) is 1. The Kier molecular flexibility index (Phi) is 4.17. The van der Waals surface area contributed by atoms with Crippen LogP contribution in [0.2, 0.25) is 0 Å². The van der Waals surface area contributed by atoms with Crippen LogP contribution in [0.3, 0.4) is 0 Å². The lowest BCUT2D eigenvalue weighted by Crippen LogP contribution is -2.42. The van der Waals surface area contributed by atoms with Crippen LogP contribution >= 0.6 is 0 Å². The number of piperidine rings is 1. The largest absolute Gasteiger partial charge is 0.497 e. The first-order valence-electron chi connectivity index (χ1n) is 7.19. The normalized spacial score (nSPS) is 19.6. The molecular formula is C15H20N4O2. The molecule has 1 unspecified atom stereocenters. The zero-order valence-electron chi connectivity index (χ0n) is 12.2. The second-order valence-electron chi connectivity index (χ2n) is 5.38. The third-order valence-corrected chi connectivity index (χ3v) is 3.70. The third-order valence-electron chi connectivity index (χ3n) is 3.70. The van der Waals surface area contributed by atoms with Crippen molar-refractivity contribution in [1.82, 2.24) is 15.0 Å². The maximum atomic E-state index is 5.98. The molecule has 6 nitrogen and oxygen atoms in total. The summed E-state index contributed by atoms with van der Waals surface area (Å²) in [6, 6.07) is 7.88. The molecule has 1 aromatic carbocycles. The van der Waals surface area contributed by atoms with Gasteiger partial charge < -0.3 is 15.0 Å². The van der Waals surface area contributed by atoms with Crippen LogP contribution < -0.4 is 10.5 Å². The highest BCUT2D eigenvalue weighted by Crippen LogP contribution is 2.21. The van der Waals surface area contributed by atoms with E-state index in [0.29, 0.717) is 18.3 Å². The molecule has 1 aliphatic heterocycles. The van der Waals surface area contributed by atoms with E-state index in [1.807, 2.05) is 24.3 Å². The Morgan fingerprint density at radius 2 is 2.38 bits per heavy atom. The van der Waals surface area contributed by atoms with Gasteiger partial charge in [0, 0.05) is 18.2 Å². The number of nitrogens with zero attached hydrogens (tertiary/aromatic N) is 3. The van der Waals surface area contributed by atoms with Crippen LogP contribution in [0.4, 0.5) is 0 Å². The van der Waals surface area contributed by atoms with Crippen molar-refractivity contribution in [3.05, 3.63) is 30.2 Å². The summed E-state index contributed by atoms with van der Waals surface area (Å²) in [4.78, 5) is 6.72. The number of likely N-dealkylation sites (tertiary alicyclic amines) is 1. The van der Waals surface area contributed by atoms with Gasteiger partial charge in [0.05, 0.1) is 13.7 Å². The standard InChI is InChI=1S/C15H20N4O2/c1-20-13-6-2-4-11(8-13)15-17-14(21-18-15)10-19-7-3-5-12(16)9-19/h2,4,6,8,12H,3,5,7,9-10,16H2,1H3. The van der Waals surface area contributed by atoms with Crippen molar-refractivity contribution in [2.45, 2.75) is 25.4 Å². The highest BCUT2D eigenvalue weighted by molar-refractivity contribution is 5.56. The predicted molar refractivity (Wildman–Crippen MR) is 78.8 cm³/mol. The minimum absolute atomic E-state index is 0.250. The summed E-state index contributed by atoms with van der Waals surface area (Å²) in [5, 5.41) is 4.05. The van der Waals surface area contributed by atoms with Gasteiger partial charge in [0.1, 0.15) is 5.75 Å². The summed E-state index contributed by atoms with van der Waals surface area (Å²) in [6.07, 6.45) is 2.22. The number of hydrogen-bond donors (Lipinski definition) is 1. The second kappa shape index (κ2) is 6.24. The average Bonchev–Trinajstić information content (AvgIpc) is 2.96. The highest BCUT2D eigenvalue weighted by Gasteiger charge is 2.19. The van der Waals surface area contributed by atoms with E-state index in [9.17, 15) is 0 Å². The maximum absolute atomic E-state index is 5.98. The summed E-state index contributed by atoms with van der Waals surface area (Å²) < 4.78 is 10.6. The van der Waals surface area contributed by atoms with Crippen LogP contribution in [-0.4, -0.2) is 41.3 Å². The third kappa shape index (κ3) is 3.40. The van der Waals surface area contributed by atoms with Crippen LogP contribution in [0.5, 0.6) is 5.75 Å². The van der Waals surface area contributed by atoms with Crippen molar-refractivity contribution < 1.29 is 9.26 Å². The zero-order chi connectivity index (χ0) is 14.7. The molecule has 112 valence electrons. The molecule has 1 aliphatic rings. The minimum atomic E-state index is 0.250. The van der Waals surface area contributed by atoms with Gasteiger partial charge in [-0.05, 0) is 31.5 Å².